The van der Waals surface area contributed by atoms with Crippen molar-refractivity contribution < 1.29 is 9.53 Å². The van der Waals surface area contributed by atoms with Crippen LogP contribution in [0, 0.1) is 46.3 Å². The van der Waals surface area contributed by atoms with Crippen LogP contribution in [-0.2, 0) is 9.53 Å². The van der Waals surface area contributed by atoms with Gasteiger partial charge in [-0.1, -0.05) is 136 Å². The number of hydrogen-bond acceptors (Lipinski definition) is 2. The van der Waals surface area contributed by atoms with Crippen LogP contribution in [-0.4, -0.2) is 12.1 Å². The van der Waals surface area contributed by atoms with Gasteiger partial charge in [-0.15, -0.1) is 0 Å². The Morgan fingerprint density at radius 1 is 0.809 bits per heavy atom. The van der Waals surface area contributed by atoms with E-state index in [0.29, 0.717) is 17.3 Å². The van der Waals surface area contributed by atoms with Crippen LogP contribution in [0.5, 0.6) is 0 Å². The van der Waals surface area contributed by atoms with E-state index >= 15 is 0 Å². The van der Waals surface area contributed by atoms with Gasteiger partial charge in [-0.2, -0.15) is 0 Å². The molecule has 270 valence electrons. The van der Waals surface area contributed by atoms with Gasteiger partial charge in [-0.3, -0.25) is 4.79 Å². The van der Waals surface area contributed by atoms with Gasteiger partial charge in [-0.05, 0) is 123 Å². The number of rotatable bonds is 21. The van der Waals surface area contributed by atoms with Crippen LogP contribution in [0.15, 0.2) is 23.8 Å². The van der Waals surface area contributed by atoms with Crippen molar-refractivity contribution >= 4 is 5.97 Å². The molecule has 0 bridgehead atoms. The minimum atomic E-state index is 0.0541. The average molecular weight is 651 g/mol. The summed E-state index contributed by atoms with van der Waals surface area (Å²) in [5, 5.41) is 0. The molecule has 0 amide bonds. The molecule has 0 aromatic heterocycles. The Labute approximate surface area is 293 Å². The summed E-state index contributed by atoms with van der Waals surface area (Å²) in [5.41, 5.74) is 2.53. The van der Waals surface area contributed by atoms with Crippen molar-refractivity contribution in [3.63, 3.8) is 0 Å². The molecule has 8 atom stereocenters. The van der Waals surface area contributed by atoms with Crippen LogP contribution in [0.3, 0.4) is 0 Å². The molecule has 0 aromatic carbocycles. The molecule has 4 aliphatic rings. The smallest absolute Gasteiger partial charge is 0.306 e. The van der Waals surface area contributed by atoms with Gasteiger partial charge in [-0.25, -0.2) is 0 Å². The minimum Gasteiger partial charge on any atom is -0.462 e. The van der Waals surface area contributed by atoms with Gasteiger partial charge < -0.3 is 4.74 Å². The van der Waals surface area contributed by atoms with E-state index in [4.69, 9.17) is 4.74 Å². The molecule has 0 N–H and O–H groups in total. The Bertz CT molecular complexity index is 976. The molecule has 1 unspecified atom stereocenters. The van der Waals surface area contributed by atoms with Crippen molar-refractivity contribution in [1.82, 2.24) is 0 Å². The van der Waals surface area contributed by atoms with Crippen LogP contribution in [0.1, 0.15) is 202 Å². The van der Waals surface area contributed by atoms with Crippen LogP contribution in [0.2, 0.25) is 0 Å². The Hall–Kier alpha value is -1.05. The van der Waals surface area contributed by atoms with Crippen molar-refractivity contribution in [3.8, 4) is 0 Å². The second-order valence-electron chi connectivity index (χ2n) is 18.0. The van der Waals surface area contributed by atoms with E-state index < -0.39 is 0 Å². The molecule has 0 spiro atoms. The zero-order valence-corrected chi connectivity index (χ0v) is 32.3. The van der Waals surface area contributed by atoms with Crippen LogP contribution in [0.4, 0.5) is 0 Å². The van der Waals surface area contributed by atoms with Gasteiger partial charge >= 0.3 is 5.97 Å². The first-order valence-corrected chi connectivity index (χ1v) is 21.2. The first-order valence-electron chi connectivity index (χ1n) is 21.2. The summed E-state index contributed by atoms with van der Waals surface area (Å²) in [6.07, 6.45) is 39.5. The lowest BCUT2D eigenvalue weighted by Gasteiger charge is -2.58. The van der Waals surface area contributed by atoms with Gasteiger partial charge in [0.15, 0.2) is 0 Å². The Morgan fingerprint density at radius 2 is 1.49 bits per heavy atom. The van der Waals surface area contributed by atoms with Crippen molar-refractivity contribution in [2.75, 3.05) is 0 Å². The number of allylic oxidation sites excluding steroid dienone is 3. The van der Waals surface area contributed by atoms with Gasteiger partial charge in [0.2, 0.25) is 0 Å². The van der Waals surface area contributed by atoms with Crippen molar-refractivity contribution in [2.45, 2.75) is 208 Å². The molecule has 4 aliphatic carbocycles. The van der Waals surface area contributed by atoms with E-state index in [0.717, 1.165) is 61.2 Å². The summed E-state index contributed by atoms with van der Waals surface area (Å²) in [5.74, 6) is 5.31. The molecule has 3 saturated carbocycles. The number of fused-ring (bicyclic) bond motifs is 5. The minimum absolute atomic E-state index is 0.0541. The number of carbonyl (C=O) groups excluding carboxylic acids is 1. The summed E-state index contributed by atoms with van der Waals surface area (Å²) in [6.45, 7) is 14.9. The van der Waals surface area contributed by atoms with Gasteiger partial charge in [0.05, 0.1) is 0 Å². The zero-order chi connectivity index (χ0) is 33.7. The molecule has 0 saturated heterocycles. The molecule has 0 radical (unpaired) electrons. The molecule has 0 aromatic rings. The van der Waals surface area contributed by atoms with E-state index in [1.807, 2.05) is 0 Å². The third-order valence-corrected chi connectivity index (χ3v) is 14.2. The third-order valence-electron chi connectivity index (χ3n) is 14.2. The summed E-state index contributed by atoms with van der Waals surface area (Å²) >= 11 is 0. The summed E-state index contributed by atoms with van der Waals surface area (Å²) in [7, 11) is 0. The highest BCUT2D eigenvalue weighted by Gasteiger charge is 2.59. The SMILES string of the molecule is CCCCCCCC/C=C\CCCCCCCC(=O)O[C@H]1CC[C@@]2(C)C(=CC[C@H]3[C@@H]4CC[C@H](C(C)CCCC(C)C)[C@@]4(C)CC[C@@H]32)C1. The third kappa shape index (κ3) is 10.7. The average Bonchev–Trinajstić information content (AvgIpc) is 3.40. The van der Waals surface area contributed by atoms with Crippen LogP contribution >= 0.6 is 0 Å². The molecular formula is C45H78O2. The Balaban J connectivity index is 1.12. The first kappa shape index (κ1) is 38.7. The fourth-order valence-electron chi connectivity index (χ4n) is 11.3. The topological polar surface area (TPSA) is 26.3 Å². The molecular weight excluding hydrogens is 572 g/mol. The molecule has 2 nitrogen and oxygen atoms in total. The Morgan fingerprint density at radius 3 is 2.19 bits per heavy atom. The van der Waals surface area contributed by atoms with Crippen LogP contribution < -0.4 is 0 Å². The molecule has 0 heterocycles. The fourth-order valence-corrected chi connectivity index (χ4v) is 11.3. The van der Waals surface area contributed by atoms with E-state index in [9.17, 15) is 4.79 Å². The quantitative estimate of drug-likeness (QED) is 0.0702. The second-order valence-corrected chi connectivity index (χ2v) is 18.0. The van der Waals surface area contributed by atoms with E-state index in [2.05, 4.69) is 59.8 Å². The predicted molar refractivity (Wildman–Crippen MR) is 202 cm³/mol. The number of unbranched alkanes of at least 4 members (excludes halogenated alkanes) is 11. The first-order chi connectivity index (χ1) is 22.7. The van der Waals surface area contributed by atoms with Gasteiger partial charge in [0.1, 0.15) is 6.10 Å². The number of esters is 1. The van der Waals surface area contributed by atoms with Crippen molar-refractivity contribution in [3.05, 3.63) is 23.8 Å². The second kappa shape index (κ2) is 19.4. The van der Waals surface area contributed by atoms with E-state index in [1.165, 1.54) is 128 Å². The van der Waals surface area contributed by atoms with Crippen molar-refractivity contribution in [2.24, 2.45) is 46.3 Å². The normalized spacial score (nSPS) is 32.6. The maximum absolute atomic E-state index is 12.8. The lowest BCUT2D eigenvalue weighted by Crippen LogP contribution is -2.51. The van der Waals surface area contributed by atoms with Gasteiger partial charge in [0, 0.05) is 12.8 Å². The summed E-state index contributed by atoms with van der Waals surface area (Å²) in [4.78, 5) is 12.8. The largest absolute Gasteiger partial charge is 0.462 e. The molecule has 2 heteroatoms. The van der Waals surface area contributed by atoms with E-state index in [1.54, 1.807) is 5.57 Å². The molecule has 4 rings (SSSR count). The van der Waals surface area contributed by atoms with Gasteiger partial charge in [0.25, 0.3) is 0 Å². The lowest BCUT2D eigenvalue weighted by atomic mass is 9.47. The van der Waals surface area contributed by atoms with Crippen LogP contribution in [0.25, 0.3) is 0 Å². The maximum Gasteiger partial charge on any atom is 0.306 e. The maximum atomic E-state index is 12.8. The highest BCUT2D eigenvalue weighted by molar-refractivity contribution is 5.69. The summed E-state index contributed by atoms with van der Waals surface area (Å²) < 4.78 is 6.12. The number of ether oxygens (including phenoxy) is 1. The fraction of sp³-hybridized carbons (Fsp3) is 0.889. The molecule has 47 heavy (non-hydrogen) atoms. The predicted octanol–water partition coefficient (Wildman–Crippen LogP) is 14.0. The summed E-state index contributed by atoms with van der Waals surface area (Å²) in [6, 6.07) is 0. The number of hydrogen-bond donors (Lipinski definition) is 0. The van der Waals surface area contributed by atoms with Crippen molar-refractivity contribution in [1.29, 1.82) is 0 Å². The molecule has 0 aliphatic heterocycles. The standard InChI is InChI=1S/C45H78O2/c1-7-8-9-10-11-12-13-14-15-16-17-18-19-20-21-25-43(46)47-38-30-32-44(5)37(34-38)26-27-39-41-29-28-40(36(4)24-22-23-35(2)3)45(41,6)33-31-42(39)44/h14-15,26,35-36,38-42H,7-13,16-25,27-34H2,1-6H3/b15-14-/t36?,38-,39-,40+,41-,42-,44-,45+/m0/s1. The number of carbonyl (C=O) groups is 1. The zero-order valence-electron chi connectivity index (χ0n) is 32.3. The highest BCUT2D eigenvalue weighted by Crippen LogP contribution is 2.67. The monoisotopic (exact) mass is 651 g/mol. The highest BCUT2D eigenvalue weighted by atomic mass is 16.5. The van der Waals surface area contributed by atoms with E-state index in [-0.39, 0.29) is 12.1 Å². The molecule has 3 fully saturated rings. The lowest BCUT2D eigenvalue weighted by molar-refractivity contribution is -0.151. The Kier molecular flexibility index (Phi) is 16.0.